The van der Waals surface area contributed by atoms with E-state index in [2.05, 4.69) is 16.4 Å². The van der Waals surface area contributed by atoms with Gasteiger partial charge in [-0.05, 0) is 55.8 Å². The topological polar surface area (TPSA) is 42.3 Å². The lowest BCUT2D eigenvalue weighted by Crippen LogP contribution is -2.34. The zero-order chi connectivity index (χ0) is 19.9. The molecular weight excluding hydrogens is 382 g/mol. The highest BCUT2D eigenvalue weighted by Gasteiger charge is 2.23. The molecule has 2 heterocycles. The molecule has 1 saturated heterocycles. The Labute approximate surface area is 163 Å². The molecule has 0 saturated carbocycles. The molecule has 0 atom stereocenters. The molecule has 0 spiro atoms. The largest absolute Gasteiger partial charge is 0.344 e. The zero-order valence-electron chi connectivity index (χ0n) is 15.6. The Bertz CT molecular complexity index is 1100. The van der Waals surface area contributed by atoms with E-state index in [1.807, 2.05) is 12.3 Å². The number of fused-ring (bicyclic) bond motifs is 1. The molecule has 0 amide bonds. The number of sulfone groups is 1. The van der Waals surface area contributed by atoms with Crippen LogP contribution in [0.2, 0.25) is 0 Å². The van der Waals surface area contributed by atoms with Gasteiger partial charge in [0.25, 0.3) is 0 Å². The Hall–Kier alpha value is -2.25. The van der Waals surface area contributed by atoms with Crippen LogP contribution in [0.25, 0.3) is 10.9 Å². The van der Waals surface area contributed by atoms with Gasteiger partial charge in [0, 0.05) is 42.3 Å². The number of hydrogen-bond acceptors (Lipinski definition) is 3. The third-order valence-electron chi connectivity index (χ3n) is 5.55. The van der Waals surface area contributed by atoms with Crippen LogP contribution in [0.1, 0.15) is 25.8 Å². The van der Waals surface area contributed by atoms with Gasteiger partial charge in [0.15, 0.2) is 0 Å². The lowest BCUT2D eigenvalue weighted by atomic mass is 10.0. The fraction of sp³-hybridized carbons (Fsp3) is 0.333. The van der Waals surface area contributed by atoms with Crippen LogP contribution in [-0.4, -0.2) is 37.5 Å². The number of hydrogen-bond donors (Lipinski definition) is 0. The van der Waals surface area contributed by atoms with Crippen molar-refractivity contribution >= 4 is 20.7 Å². The second-order valence-electron chi connectivity index (χ2n) is 7.22. The summed E-state index contributed by atoms with van der Waals surface area (Å²) in [6.45, 7) is 5.33. The lowest BCUT2D eigenvalue weighted by Gasteiger charge is -2.32. The summed E-state index contributed by atoms with van der Waals surface area (Å²) in [5.41, 5.74) is 0.972. The van der Waals surface area contributed by atoms with Crippen LogP contribution in [0.15, 0.2) is 58.5 Å². The molecule has 0 bridgehead atoms. The highest BCUT2D eigenvalue weighted by molar-refractivity contribution is 7.91. The minimum Gasteiger partial charge on any atom is -0.344 e. The number of piperidine rings is 1. The predicted molar refractivity (Wildman–Crippen MR) is 104 cm³/mol. The Morgan fingerprint density at radius 1 is 0.964 bits per heavy atom. The normalized spacial score (nSPS) is 16.7. The van der Waals surface area contributed by atoms with Gasteiger partial charge in [0.05, 0.1) is 9.79 Å². The standard InChI is InChI=1S/C21H22F2N2O2S/c1-2-24-8-6-18(7-9-24)25-10-5-15-11-19(3-4-21(15)25)28(26,27)20-13-16(22)12-17(23)14-20/h3-5,10-14,18H,2,6-9H2,1H3. The first-order valence-corrected chi connectivity index (χ1v) is 10.9. The molecule has 148 valence electrons. The van der Waals surface area contributed by atoms with Crippen molar-refractivity contribution in [1.29, 1.82) is 0 Å². The van der Waals surface area contributed by atoms with Gasteiger partial charge < -0.3 is 9.47 Å². The summed E-state index contributed by atoms with van der Waals surface area (Å²) in [4.78, 5) is 2.07. The average molecular weight is 404 g/mol. The van der Waals surface area contributed by atoms with Crippen LogP contribution < -0.4 is 0 Å². The first-order chi connectivity index (χ1) is 13.4. The number of aromatic nitrogens is 1. The Morgan fingerprint density at radius 3 is 2.29 bits per heavy atom. The van der Waals surface area contributed by atoms with Crippen molar-refractivity contribution in [2.45, 2.75) is 35.6 Å². The Kier molecular flexibility index (Phi) is 4.97. The van der Waals surface area contributed by atoms with Gasteiger partial charge in [-0.2, -0.15) is 0 Å². The fourth-order valence-corrected chi connectivity index (χ4v) is 5.30. The second kappa shape index (κ2) is 7.29. The predicted octanol–water partition coefficient (Wildman–Crippen LogP) is 4.41. The number of benzene rings is 2. The molecule has 4 rings (SSSR count). The number of halogens is 2. The molecule has 28 heavy (non-hydrogen) atoms. The summed E-state index contributed by atoms with van der Waals surface area (Å²) in [6, 6.07) is 9.50. The van der Waals surface area contributed by atoms with Gasteiger partial charge in [-0.25, -0.2) is 17.2 Å². The van der Waals surface area contributed by atoms with Gasteiger partial charge in [-0.1, -0.05) is 6.92 Å². The number of nitrogens with zero attached hydrogens (tertiary/aromatic N) is 2. The minimum atomic E-state index is -4.00. The fourth-order valence-electron chi connectivity index (χ4n) is 3.96. The quantitative estimate of drug-likeness (QED) is 0.647. The van der Waals surface area contributed by atoms with Crippen molar-refractivity contribution in [3.63, 3.8) is 0 Å². The van der Waals surface area contributed by atoms with E-state index in [4.69, 9.17) is 0 Å². The van der Waals surface area contributed by atoms with E-state index in [0.717, 1.165) is 55.5 Å². The third-order valence-corrected chi connectivity index (χ3v) is 7.28. The van der Waals surface area contributed by atoms with Crippen LogP contribution in [0, 0.1) is 11.6 Å². The lowest BCUT2D eigenvalue weighted by molar-refractivity contribution is 0.197. The Balaban J connectivity index is 1.68. The van der Waals surface area contributed by atoms with Crippen molar-refractivity contribution in [3.8, 4) is 0 Å². The van der Waals surface area contributed by atoms with Crippen LogP contribution in [-0.2, 0) is 9.84 Å². The smallest absolute Gasteiger partial charge is 0.206 e. The van der Waals surface area contributed by atoms with Crippen LogP contribution in [0.3, 0.4) is 0 Å². The van der Waals surface area contributed by atoms with Crippen molar-refractivity contribution in [2.75, 3.05) is 19.6 Å². The maximum Gasteiger partial charge on any atom is 0.206 e. The maximum atomic E-state index is 13.5. The van der Waals surface area contributed by atoms with Gasteiger partial charge >= 0.3 is 0 Å². The first kappa shape index (κ1) is 19.1. The average Bonchev–Trinajstić information content (AvgIpc) is 3.10. The second-order valence-corrected chi connectivity index (χ2v) is 9.17. The highest BCUT2D eigenvalue weighted by Crippen LogP contribution is 2.30. The maximum absolute atomic E-state index is 13.5. The highest BCUT2D eigenvalue weighted by atomic mass is 32.2. The van der Waals surface area contributed by atoms with Crippen molar-refractivity contribution in [3.05, 3.63) is 60.3 Å². The molecule has 0 unspecified atom stereocenters. The van der Waals surface area contributed by atoms with Gasteiger partial charge in [0.1, 0.15) is 11.6 Å². The van der Waals surface area contributed by atoms with Crippen molar-refractivity contribution < 1.29 is 17.2 Å². The van der Waals surface area contributed by atoms with Crippen LogP contribution in [0.5, 0.6) is 0 Å². The molecule has 4 nitrogen and oxygen atoms in total. The summed E-state index contributed by atoms with van der Waals surface area (Å²) in [5, 5.41) is 0.802. The molecule has 2 aromatic carbocycles. The minimum absolute atomic E-state index is 0.0311. The van der Waals surface area contributed by atoms with E-state index in [1.54, 1.807) is 12.1 Å². The third kappa shape index (κ3) is 3.44. The molecule has 7 heteroatoms. The number of likely N-dealkylation sites (tertiary alicyclic amines) is 1. The number of rotatable bonds is 4. The molecule has 0 aliphatic carbocycles. The van der Waals surface area contributed by atoms with Gasteiger partial charge in [0.2, 0.25) is 9.84 Å². The van der Waals surface area contributed by atoms with Crippen LogP contribution in [0.4, 0.5) is 8.78 Å². The van der Waals surface area contributed by atoms with Crippen molar-refractivity contribution in [2.24, 2.45) is 0 Å². The summed E-state index contributed by atoms with van der Waals surface area (Å²) < 4.78 is 54.8. The van der Waals surface area contributed by atoms with Crippen LogP contribution >= 0.6 is 0 Å². The molecule has 1 fully saturated rings. The molecule has 3 aromatic rings. The molecule has 1 aliphatic heterocycles. The molecule has 0 radical (unpaired) electrons. The molecule has 0 N–H and O–H groups in total. The van der Waals surface area contributed by atoms with Gasteiger partial charge in [-0.3, -0.25) is 0 Å². The zero-order valence-corrected chi connectivity index (χ0v) is 16.4. The van der Waals surface area contributed by atoms with E-state index < -0.39 is 21.5 Å². The van der Waals surface area contributed by atoms with E-state index in [-0.39, 0.29) is 9.79 Å². The summed E-state index contributed by atoms with van der Waals surface area (Å²) in [7, 11) is -4.00. The molecule has 1 aromatic heterocycles. The summed E-state index contributed by atoms with van der Waals surface area (Å²) in [5.74, 6) is -1.83. The SMILES string of the molecule is CCN1CCC(n2ccc3cc(S(=O)(=O)c4cc(F)cc(F)c4)ccc32)CC1. The van der Waals surface area contributed by atoms with E-state index in [9.17, 15) is 17.2 Å². The summed E-state index contributed by atoms with van der Waals surface area (Å²) in [6.07, 6.45) is 4.11. The summed E-state index contributed by atoms with van der Waals surface area (Å²) >= 11 is 0. The molecular formula is C21H22F2N2O2S. The van der Waals surface area contributed by atoms with E-state index >= 15 is 0 Å². The van der Waals surface area contributed by atoms with E-state index in [0.29, 0.717) is 12.1 Å². The Morgan fingerprint density at radius 2 is 1.64 bits per heavy atom. The molecule has 1 aliphatic rings. The van der Waals surface area contributed by atoms with E-state index in [1.165, 1.54) is 6.07 Å². The van der Waals surface area contributed by atoms with Crippen molar-refractivity contribution in [1.82, 2.24) is 9.47 Å². The van der Waals surface area contributed by atoms with Gasteiger partial charge in [-0.15, -0.1) is 0 Å². The first-order valence-electron chi connectivity index (χ1n) is 9.42. The monoisotopic (exact) mass is 404 g/mol.